The zero-order valence-electron chi connectivity index (χ0n) is 8.45. The molecule has 4 heteroatoms. The second kappa shape index (κ2) is 3.25. The molecule has 4 nitrogen and oxygen atoms in total. The van der Waals surface area contributed by atoms with E-state index >= 15 is 0 Å². The first-order chi connectivity index (χ1) is 6.35. The highest BCUT2D eigenvalue weighted by molar-refractivity contribution is 5.74. The summed E-state index contributed by atoms with van der Waals surface area (Å²) in [6.07, 6.45) is 1.93. The van der Waals surface area contributed by atoms with Crippen molar-refractivity contribution < 1.29 is 15.0 Å². The number of nitrogens with zero attached hydrogens (tertiary/aromatic N) is 1. The van der Waals surface area contributed by atoms with Gasteiger partial charge in [0.2, 0.25) is 0 Å². The number of carboxylic acids is 1. The summed E-state index contributed by atoms with van der Waals surface area (Å²) < 4.78 is 0. The predicted octanol–water partition coefficient (Wildman–Crippen LogP) is 1.15. The van der Waals surface area contributed by atoms with Crippen molar-refractivity contribution >= 4 is 5.97 Å². The average Bonchev–Trinajstić information content (AvgIpc) is 2.27. The molecule has 1 saturated carbocycles. The molecule has 0 amide bonds. The third kappa shape index (κ3) is 1.38. The Labute approximate surface area is 83.2 Å². The molecule has 0 saturated heterocycles. The highest BCUT2D eigenvalue weighted by Gasteiger charge is 2.54. The zero-order chi connectivity index (χ0) is 11.0. The van der Waals surface area contributed by atoms with Gasteiger partial charge in [-0.2, -0.15) is 5.26 Å². The lowest BCUT2D eigenvalue weighted by Gasteiger charge is -2.38. The van der Waals surface area contributed by atoms with Crippen LogP contribution in [0.15, 0.2) is 0 Å². The summed E-state index contributed by atoms with van der Waals surface area (Å²) in [6, 6.07) is 1.78. The van der Waals surface area contributed by atoms with Gasteiger partial charge < -0.3 is 10.2 Å². The molecule has 1 aliphatic carbocycles. The van der Waals surface area contributed by atoms with Crippen LogP contribution < -0.4 is 0 Å². The van der Waals surface area contributed by atoms with E-state index in [4.69, 9.17) is 10.4 Å². The first kappa shape index (κ1) is 11.0. The molecule has 3 atom stereocenters. The van der Waals surface area contributed by atoms with Crippen LogP contribution in [0.3, 0.4) is 0 Å². The van der Waals surface area contributed by atoms with E-state index in [9.17, 15) is 9.90 Å². The van der Waals surface area contributed by atoms with Gasteiger partial charge in [-0.1, -0.05) is 6.92 Å². The third-order valence-electron chi connectivity index (χ3n) is 3.60. The molecular formula is C10H15NO3. The van der Waals surface area contributed by atoms with Crippen LogP contribution in [0.1, 0.15) is 33.1 Å². The van der Waals surface area contributed by atoms with Crippen molar-refractivity contribution in [2.75, 3.05) is 0 Å². The van der Waals surface area contributed by atoms with E-state index in [1.807, 2.05) is 0 Å². The van der Waals surface area contributed by atoms with E-state index in [-0.39, 0.29) is 0 Å². The maximum absolute atomic E-state index is 10.9. The highest BCUT2D eigenvalue weighted by atomic mass is 16.4. The lowest BCUT2D eigenvalue weighted by Crippen LogP contribution is -2.46. The van der Waals surface area contributed by atoms with Gasteiger partial charge >= 0.3 is 5.97 Å². The molecule has 2 N–H and O–H groups in total. The van der Waals surface area contributed by atoms with E-state index in [0.717, 1.165) is 6.42 Å². The minimum absolute atomic E-state index is 0.564. The van der Waals surface area contributed by atoms with Crippen LogP contribution >= 0.6 is 0 Å². The number of hydrogen-bond acceptors (Lipinski definition) is 3. The quantitative estimate of drug-likeness (QED) is 0.695. The number of carbonyl (C=O) groups is 1. The second-order valence-electron chi connectivity index (χ2n) is 4.45. The molecule has 1 rings (SSSR count). The minimum Gasteiger partial charge on any atom is -0.480 e. The summed E-state index contributed by atoms with van der Waals surface area (Å²) in [4.78, 5) is 10.9. The fraction of sp³-hybridized carbons (Fsp3) is 0.800. The van der Waals surface area contributed by atoms with Crippen LogP contribution in [0, 0.1) is 22.7 Å². The topological polar surface area (TPSA) is 81.3 Å². The van der Waals surface area contributed by atoms with Crippen molar-refractivity contribution in [2.24, 2.45) is 11.3 Å². The van der Waals surface area contributed by atoms with Gasteiger partial charge in [0.15, 0.2) is 5.92 Å². The smallest absolute Gasteiger partial charge is 0.321 e. The predicted molar refractivity (Wildman–Crippen MR) is 49.3 cm³/mol. The van der Waals surface area contributed by atoms with Gasteiger partial charge in [-0.05, 0) is 26.2 Å². The van der Waals surface area contributed by atoms with Gasteiger partial charge in [0.1, 0.15) is 0 Å². The molecule has 78 valence electrons. The Morgan fingerprint density at radius 3 is 2.36 bits per heavy atom. The summed E-state index contributed by atoms with van der Waals surface area (Å²) in [6.45, 7) is 3.30. The average molecular weight is 197 g/mol. The fourth-order valence-corrected chi connectivity index (χ4v) is 2.28. The van der Waals surface area contributed by atoms with Gasteiger partial charge in [-0.15, -0.1) is 0 Å². The van der Waals surface area contributed by atoms with Gasteiger partial charge in [-0.3, -0.25) is 4.79 Å². The van der Waals surface area contributed by atoms with Crippen LogP contribution in [-0.2, 0) is 4.79 Å². The van der Waals surface area contributed by atoms with Crippen molar-refractivity contribution in [3.63, 3.8) is 0 Å². The summed E-state index contributed by atoms with van der Waals surface area (Å²) in [7, 11) is 0. The van der Waals surface area contributed by atoms with Crippen LogP contribution in [0.4, 0.5) is 0 Å². The van der Waals surface area contributed by atoms with Crippen LogP contribution in [-0.4, -0.2) is 21.8 Å². The molecule has 0 aromatic rings. The molecule has 0 bridgehead atoms. The molecule has 0 spiro atoms. The minimum atomic E-state index is -1.14. The molecule has 14 heavy (non-hydrogen) atoms. The number of hydrogen-bond donors (Lipinski definition) is 2. The molecule has 0 aromatic heterocycles. The lowest BCUT2D eigenvalue weighted by molar-refractivity contribution is -0.150. The number of nitriles is 1. The first-order valence-electron chi connectivity index (χ1n) is 4.70. The van der Waals surface area contributed by atoms with E-state index in [0.29, 0.717) is 12.8 Å². The Hall–Kier alpha value is -1.08. The van der Waals surface area contributed by atoms with Crippen LogP contribution in [0.25, 0.3) is 0 Å². The fourth-order valence-electron chi connectivity index (χ4n) is 2.28. The first-order valence-corrected chi connectivity index (χ1v) is 4.70. The van der Waals surface area contributed by atoms with Crippen molar-refractivity contribution in [3.8, 4) is 6.07 Å². The van der Waals surface area contributed by atoms with Crippen molar-refractivity contribution in [3.05, 3.63) is 0 Å². The highest BCUT2D eigenvalue weighted by Crippen LogP contribution is 2.50. The SMILES string of the molecule is CC1(O)CCCC1(C)C(C#N)C(=O)O. The zero-order valence-corrected chi connectivity index (χ0v) is 8.45. The van der Waals surface area contributed by atoms with E-state index in [1.54, 1.807) is 19.9 Å². The molecule has 0 radical (unpaired) electrons. The molecule has 0 aliphatic heterocycles. The molecular weight excluding hydrogens is 182 g/mol. The molecule has 3 unspecified atom stereocenters. The standard InChI is InChI=1S/C10H15NO3/c1-9(7(6-11)8(12)13)4-3-5-10(9,2)14/h7,14H,3-5H2,1-2H3,(H,12,13). The molecule has 0 heterocycles. The van der Waals surface area contributed by atoms with Crippen LogP contribution in [0.2, 0.25) is 0 Å². The van der Waals surface area contributed by atoms with Crippen molar-refractivity contribution in [1.29, 1.82) is 5.26 Å². The van der Waals surface area contributed by atoms with Gasteiger partial charge in [0, 0.05) is 5.41 Å². The van der Waals surface area contributed by atoms with Gasteiger partial charge in [0.05, 0.1) is 11.7 Å². The Morgan fingerprint density at radius 1 is 1.50 bits per heavy atom. The summed E-state index contributed by atoms with van der Waals surface area (Å²) in [5, 5.41) is 27.8. The second-order valence-corrected chi connectivity index (χ2v) is 4.45. The molecule has 1 fully saturated rings. The van der Waals surface area contributed by atoms with Crippen molar-refractivity contribution in [1.82, 2.24) is 0 Å². The van der Waals surface area contributed by atoms with E-state index < -0.39 is 22.9 Å². The van der Waals surface area contributed by atoms with E-state index in [2.05, 4.69) is 0 Å². The van der Waals surface area contributed by atoms with Crippen LogP contribution in [0.5, 0.6) is 0 Å². The maximum atomic E-state index is 10.9. The largest absolute Gasteiger partial charge is 0.480 e. The van der Waals surface area contributed by atoms with Crippen molar-refractivity contribution in [2.45, 2.75) is 38.7 Å². The van der Waals surface area contributed by atoms with Gasteiger partial charge in [0.25, 0.3) is 0 Å². The van der Waals surface area contributed by atoms with Gasteiger partial charge in [-0.25, -0.2) is 0 Å². The summed E-state index contributed by atoms with van der Waals surface area (Å²) in [5.41, 5.74) is -1.88. The number of aliphatic carboxylic acids is 1. The maximum Gasteiger partial charge on any atom is 0.321 e. The number of carboxylic acid groups (broad SMARTS) is 1. The normalized spacial score (nSPS) is 39.0. The Bertz CT molecular complexity index is 292. The monoisotopic (exact) mass is 197 g/mol. The Kier molecular flexibility index (Phi) is 2.55. The Morgan fingerprint density at radius 2 is 2.07 bits per heavy atom. The van der Waals surface area contributed by atoms with E-state index in [1.165, 1.54) is 0 Å². The molecule has 1 aliphatic rings. The third-order valence-corrected chi connectivity index (χ3v) is 3.60. The number of rotatable bonds is 2. The number of aliphatic hydroxyl groups is 1. The summed E-state index contributed by atoms with van der Waals surface area (Å²) in [5.74, 6) is -2.27. The molecule has 0 aromatic carbocycles. The summed E-state index contributed by atoms with van der Waals surface area (Å²) >= 11 is 0. The Balaban J connectivity index is 3.05. The lowest BCUT2D eigenvalue weighted by atomic mass is 9.68.